The van der Waals surface area contributed by atoms with Gasteiger partial charge in [0.1, 0.15) is 0 Å². The maximum Gasteiger partial charge on any atom is 0.230 e. The molecule has 23 heavy (non-hydrogen) atoms. The number of nitrogens with one attached hydrogen (secondary N) is 2. The Morgan fingerprint density at radius 2 is 2.22 bits per heavy atom. The second-order valence-corrected chi connectivity index (χ2v) is 8.05. The largest absolute Gasteiger partial charge is 0.350 e. The van der Waals surface area contributed by atoms with E-state index in [1.165, 1.54) is 23.1 Å². The highest BCUT2D eigenvalue weighted by molar-refractivity contribution is 8.01. The molecule has 2 amide bonds. The summed E-state index contributed by atoms with van der Waals surface area (Å²) >= 11 is 4.20. The van der Waals surface area contributed by atoms with E-state index in [1.807, 2.05) is 31.4 Å². The van der Waals surface area contributed by atoms with Crippen LogP contribution in [0.3, 0.4) is 0 Å². The molecule has 2 rings (SSSR count). The molecule has 2 heterocycles. The fourth-order valence-corrected chi connectivity index (χ4v) is 3.74. The highest BCUT2D eigenvalue weighted by Crippen LogP contribution is 2.25. The van der Waals surface area contributed by atoms with Crippen LogP contribution in [0, 0.1) is 5.92 Å². The van der Waals surface area contributed by atoms with Crippen molar-refractivity contribution in [2.75, 3.05) is 11.1 Å². The third kappa shape index (κ3) is 5.92. The van der Waals surface area contributed by atoms with Crippen molar-refractivity contribution in [3.63, 3.8) is 0 Å². The normalized spacial score (nSPS) is 11.9. The van der Waals surface area contributed by atoms with Gasteiger partial charge in [-0.1, -0.05) is 43.0 Å². The van der Waals surface area contributed by atoms with E-state index >= 15 is 0 Å². The molecule has 0 spiro atoms. The van der Waals surface area contributed by atoms with Gasteiger partial charge in [-0.3, -0.25) is 9.59 Å². The van der Waals surface area contributed by atoms with E-state index in [9.17, 15) is 9.59 Å². The summed E-state index contributed by atoms with van der Waals surface area (Å²) in [6.45, 7) is 4.37. The molecule has 2 aromatic heterocycles. The Bertz CT molecular complexity index is 642. The van der Waals surface area contributed by atoms with Gasteiger partial charge in [-0.15, -0.1) is 21.5 Å². The summed E-state index contributed by atoms with van der Waals surface area (Å²) in [5.74, 6) is 0.106. The standard InChI is InChI=1S/C14H18N4O2S3/c1-3-9(2)12(20)16-13-17-18-14(23-13)22-8-11(19)15-7-10-5-4-6-21-10/h4-6,9H,3,7-8H2,1-2H3,(H,15,19)(H,16,17,20)/t9-/m0/s1. The highest BCUT2D eigenvalue weighted by atomic mass is 32.2. The van der Waals surface area contributed by atoms with Crippen molar-refractivity contribution in [3.8, 4) is 0 Å². The molecule has 0 aliphatic rings. The zero-order valence-electron chi connectivity index (χ0n) is 12.9. The molecule has 0 unspecified atom stereocenters. The van der Waals surface area contributed by atoms with Crippen molar-refractivity contribution in [2.24, 2.45) is 5.92 Å². The minimum atomic E-state index is -0.0612. The van der Waals surface area contributed by atoms with E-state index in [1.54, 1.807) is 11.3 Å². The van der Waals surface area contributed by atoms with Crippen LogP contribution < -0.4 is 10.6 Å². The van der Waals surface area contributed by atoms with Crippen LogP contribution in [0.5, 0.6) is 0 Å². The third-order valence-corrected chi connectivity index (χ3v) is 5.91. The summed E-state index contributed by atoms with van der Waals surface area (Å²) in [6.07, 6.45) is 0.774. The number of thioether (sulfide) groups is 1. The summed E-state index contributed by atoms with van der Waals surface area (Å²) < 4.78 is 0.663. The van der Waals surface area contributed by atoms with Gasteiger partial charge < -0.3 is 10.6 Å². The fourth-order valence-electron chi connectivity index (χ4n) is 1.51. The molecule has 0 bridgehead atoms. The van der Waals surface area contributed by atoms with Crippen molar-refractivity contribution >= 4 is 51.4 Å². The summed E-state index contributed by atoms with van der Waals surface area (Å²) in [5, 5.41) is 15.9. The fraction of sp³-hybridized carbons (Fsp3) is 0.429. The van der Waals surface area contributed by atoms with Gasteiger partial charge in [0.05, 0.1) is 12.3 Å². The molecule has 9 heteroatoms. The lowest BCUT2D eigenvalue weighted by Crippen LogP contribution is -2.24. The van der Waals surface area contributed by atoms with Gasteiger partial charge in [0.25, 0.3) is 0 Å². The molecule has 1 atom stereocenters. The SMILES string of the molecule is CC[C@H](C)C(=O)Nc1nnc(SCC(=O)NCc2cccs2)s1. The van der Waals surface area contributed by atoms with E-state index in [0.717, 1.165) is 11.3 Å². The van der Waals surface area contributed by atoms with Crippen LogP contribution in [-0.4, -0.2) is 27.8 Å². The van der Waals surface area contributed by atoms with Gasteiger partial charge in [0, 0.05) is 10.8 Å². The number of hydrogen-bond donors (Lipinski definition) is 2. The van der Waals surface area contributed by atoms with Crippen molar-refractivity contribution in [1.29, 1.82) is 0 Å². The van der Waals surface area contributed by atoms with E-state index in [-0.39, 0.29) is 23.5 Å². The zero-order chi connectivity index (χ0) is 16.7. The second kappa shape index (κ2) is 8.99. The van der Waals surface area contributed by atoms with Gasteiger partial charge >= 0.3 is 0 Å². The molecule has 0 radical (unpaired) electrons. The topological polar surface area (TPSA) is 84.0 Å². The molecule has 0 aliphatic heterocycles. The van der Waals surface area contributed by atoms with Crippen molar-refractivity contribution in [1.82, 2.24) is 15.5 Å². The van der Waals surface area contributed by atoms with E-state index in [2.05, 4.69) is 20.8 Å². The van der Waals surface area contributed by atoms with Crippen LogP contribution in [0.1, 0.15) is 25.1 Å². The predicted octanol–water partition coefficient (Wildman–Crippen LogP) is 2.99. The van der Waals surface area contributed by atoms with Crippen LogP contribution in [0.15, 0.2) is 21.9 Å². The Labute approximate surface area is 147 Å². The van der Waals surface area contributed by atoms with Crippen LogP contribution in [0.2, 0.25) is 0 Å². The molecule has 2 N–H and O–H groups in total. The third-order valence-electron chi connectivity index (χ3n) is 3.06. The summed E-state index contributed by atoms with van der Waals surface area (Å²) in [7, 11) is 0. The quantitative estimate of drug-likeness (QED) is 0.551. The zero-order valence-corrected chi connectivity index (χ0v) is 15.3. The van der Waals surface area contributed by atoms with Gasteiger partial charge in [-0.25, -0.2) is 0 Å². The van der Waals surface area contributed by atoms with Gasteiger partial charge in [-0.2, -0.15) is 0 Å². The number of aromatic nitrogens is 2. The molecule has 124 valence electrons. The predicted molar refractivity (Wildman–Crippen MR) is 94.9 cm³/mol. The Kier molecular flexibility index (Phi) is 7.00. The number of thiophene rings is 1. The Hall–Kier alpha value is -1.45. The molecular weight excluding hydrogens is 352 g/mol. The number of anilines is 1. The van der Waals surface area contributed by atoms with Gasteiger partial charge in [0.2, 0.25) is 16.9 Å². The number of amides is 2. The van der Waals surface area contributed by atoms with E-state index < -0.39 is 0 Å². The van der Waals surface area contributed by atoms with Gasteiger partial charge in [-0.05, 0) is 17.9 Å². The Morgan fingerprint density at radius 1 is 1.39 bits per heavy atom. The molecule has 6 nitrogen and oxygen atoms in total. The van der Waals surface area contributed by atoms with E-state index in [0.29, 0.717) is 16.0 Å². The maximum atomic E-state index is 11.8. The summed E-state index contributed by atoms with van der Waals surface area (Å²) in [5.41, 5.74) is 0. The van der Waals surface area contributed by atoms with Crippen molar-refractivity contribution < 1.29 is 9.59 Å². The second-order valence-electron chi connectivity index (χ2n) is 4.82. The first-order chi connectivity index (χ1) is 11.1. The number of carbonyl (C=O) groups is 2. The minimum Gasteiger partial charge on any atom is -0.350 e. The van der Waals surface area contributed by atoms with Crippen LogP contribution in [0.4, 0.5) is 5.13 Å². The number of nitrogens with zero attached hydrogens (tertiary/aromatic N) is 2. The Balaban J connectivity index is 1.73. The average Bonchev–Trinajstić information content (AvgIpc) is 3.21. The number of rotatable bonds is 8. The first-order valence-electron chi connectivity index (χ1n) is 7.14. The number of hydrogen-bond acceptors (Lipinski definition) is 7. The van der Waals surface area contributed by atoms with E-state index in [4.69, 9.17) is 0 Å². The summed E-state index contributed by atoms with van der Waals surface area (Å²) in [6, 6.07) is 3.94. The van der Waals surface area contributed by atoms with Crippen molar-refractivity contribution in [2.45, 2.75) is 31.2 Å². The van der Waals surface area contributed by atoms with Crippen LogP contribution in [-0.2, 0) is 16.1 Å². The molecule has 0 aliphatic carbocycles. The summed E-state index contributed by atoms with van der Waals surface area (Å²) in [4.78, 5) is 24.7. The first kappa shape index (κ1) is 17.9. The van der Waals surface area contributed by atoms with Gasteiger partial charge in [0.15, 0.2) is 4.34 Å². The highest BCUT2D eigenvalue weighted by Gasteiger charge is 2.14. The molecular formula is C14H18N4O2S3. The van der Waals surface area contributed by atoms with Crippen molar-refractivity contribution in [3.05, 3.63) is 22.4 Å². The molecule has 0 aromatic carbocycles. The lowest BCUT2D eigenvalue weighted by Gasteiger charge is -2.06. The molecule has 0 saturated carbocycles. The van der Waals surface area contributed by atoms with Crippen LogP contribution in [0.25, 0.3) is 0 Å². The smallest absolute Gasteiger partial charge is 0.230 e. The number of carbonyl (C=O) groups excluding carboxylic acids is 2. The molecule has 0 saturated heterocycles. The lowest BCUT2D eigenvalue weighted by molar-refractivity contribution is -0.120. The molecule has 0 fully saturated rings. The maximum absolute atomic E-state index is 11.8. The first-order valence-corrected chi connectivity index (χ1v) is 9.83. The Morgan fingerprint density at radius 3 is 2.91 bits per heavy atom. The average molecular weight is 371 g/mol. The monoisotopic (exact) mass is 370 g/mol. The molecule has 2 aromatic rings. The van der Waals surface area contributed by atoms with Crippen LogP contribution >= 0.6 is 34.4 Å². The minimum absolute atomic E-state index is 0.0520. The lowest BCUT2D eigenvalue weighted by atomic mass is 10.1.